The molecule has 0 unspecified atom stereocenters. The van der Waals surface area contributed by atoms with Crippen LogP contribution in [-0.4, -0.2) is 51.1 Å². The Kier molecular flexibility index (Phi) is 4.04. The lowest BCUT2D eigenvalue weighted by molar-refractivity contribution is 0.101. The molecule has 0 saturated carbocycles. The number of hydrogen-bond donors (Lipinski definition) is 2. The van der Waals surface area contributed by atoms with Crippen LogP contribution in [0, 0.1) is 0 Å². The number of nitrogens with zero attached hydrogens (tertiary/aromatic N) is 4. The zero-order valence-corrected chi connectivity index (χ0v) is 12.3. The highest BCUT2D eigenvalue weighted by molar-refractivity contribution is 5.66. The Morgan fingerprint density at radius 1 is 1.23 bits per heavy atom. The highest BCUT2D eigenvalue weighted by atomic mass is 16.3. The summed E-state index contributed by atoms with van der Waals surface area (Å²) in [5.41, 5.74) is 2.60. The van der Waals surface area contributed by atoms with Crippen LogP contribution in [0.1, 0.15) is 0 Å². The minimum atomic E-state index is -0.802. The Morgan fingerprint density at radius 3 is 2.73 bits per heavy atom. The van der Waals surface area contributed by atoms with Crippen LogP contribution in [0.25, 0.3) is 16.9 Å². The number of anilines is 1. The predicted molar refractivity (Wildman–Crippen MR) is 84.8 cm³/mol. The number of aliphatic hydroxyl groups excluding tert-OH is 2. The quantitative estimate of drug-likeness (QED) is 0.740. The van der Waals surface area contributed by atoms with E-state index < -0.39 is 6.10 Å². The summed E-state index contributed by atoms with van der Waals surface area (Å²) in [4.78, 5) is 6.47. The molecule has 2 aromatic heterocycles. The van der Waals surface area contributed by atoms with Crippen molar-refractivity contribution in [1.82, 2.24) is 14.6 Å². The summed E-state index contributed by atoms with van der Waals surface area (Å²) in [6.45, 7) is 0.0346. The molecule has 0 aliphatic heterocycles. The van der Waals surface area contributed by atoms with Crippen LogP contribution in [0.3, 0.4) is 0 Å². The largest absolute Gasteiger partial charge is 0.394 e. The minimum Gasteiger partial charge on any atom is -0.394 e. The summed E-state index contributed by atoms with van der Waals surface area (Å²) in [6, 6.07) is 13.7. The van der Waals surface area contributed by atoms with Crippen LogP contribution >= 0.6 is 0 Å². The van der Waals surface area contributed by atoms with Gasteiger partial charge in [-0.2, -0.15) is 9.61 Å². The number of aromatic nitrogens is 3. The van der Waals surface area contributed by atoms with E-state index in [4.69, 9.17) is 5.11 Å². The molecule has 0 fully saturated rings. The van der Waals surface area contributed by atoms with Gasteiger partial charge in [0.25, 0.3) is 0 Å². The van der Waals surface area contributed by atoms with Crippen molar-refractivity contribution in [3.05, 3.63) is 48.7 Å². The highest BCUT2D eigenvalue weighted by Crippen LogP contribution is 2.23. The van der Waals surface area contributed by atoms with Gasteiger partial charge in [0, 0.05) is 31.3 Å². The number of likely N-dealkylation sites (N-methyl/N-ethyl adjacent to an activating group) is 1. The normalized spacial score (nSPS) is 12.5. The van der Waals surface area contributed by atoms with Gasteiger partial charge in [0.1, 0.15) is 5.82 Å². The molecule has 0 aliphatic carbocycles. The van der Waals surface area contributed by atoms with Gasteiger partial charge in [0.05, 0.1) is 24.6 Å². The SMILES string of the molecule is CN(C[C@H](O)CO)c1cc(-c2ccccc2)nc2ccnn12. The maximum Gasteiger partial charge on any atom is 0.157 e. The lowest BCUT2D eigenvalue weighted by Crippen LogP contribution is -2.32. The molecule has 0 spiro atoms. The van der Waals surface area contributed by atoms with Crippen LogP contribution in [0.15, 0.2) is 48.7 Å². The molecule has 0 aliphatic rings. The van der Waals surface area contributed by atoms with E-state index in [1.807, 2.05) is 54.4 Å². The summed E-state index contributed by atoms with van der Waals surface area (Å²) in [6.07, 6.45) is 0.889. The third-order valence-electron chi connectivity index (χ3n) is 3.50. The Morgan fingerprint density at radius 2 is 2.00 bits per heavy atom. The van der Waals surface area contributed by atoms with E-state index in [-0.39, 0.29) is 6.61 Å². The molecule has 1 atom stereocenters. The molecule has 0 radical (unpaired) electrons. The fraction of sp³-hybridized carbons (Fsp3) is 0.250. The van der Waals surface area contributed by atoms with Crippen LogP contribution in [0.4, 0.5) is 5.82 Å². The van der Waals surface area contributed by atoms with Crippen molar-refractivity contribution in [2.45, 2.75) is 6.10 Å². The van der Waals surface area contributed by atoms with Gasteiger partial charge in [0.2, 0.25) is 0 Å². The average Bonchev–Trinajstić information content (AvgIpc) is 3.03. The second-order valence-electron chi connectivity index (χ2n) is 5.18. The molecule has 6 nitrogen and oxygen atoms in total. The van der Waals surface area contributed by atoms with Crippen LogP contribution < -0.4 is 4.90 Å². The molecular weight excluding hydrogens is 280 g/mol. The second-order valence-corrected chi connectivity index (χ2v) is 5.18. The smallest absolute Gasteiger partial charge is 0.157 e. The molecule has 0 saturated heterocycles. The second kappa shape index (κ2) is 6.13. The number of rotatable bonds is 5. The minimum absolute atomic E-state index is 0.275. The molecule has 0 bridgehead atoms. The Balaban J connectivity index is 2.06. The van der Waals surface area contributed by atoms with Crippen molar-refractivity contribution in [3.63, 3.8) is 0 Å². The highest BCUT2D eigenvalue weighted by Gasteiger charge is 2.14. The first-order chi connectivity index (χ1) is 10.7. The topological polar surface area (TPSA) is 73.9 Å². The number of hydrogen-bond acceptors (Lipinski definition) is 5. The molecule has 22 heavy (non-hydrogen) atoms. The zero-order chi connectivity index (χ0) is 15.5. The number of fused-ring (bicyclic) bond motifs is 1. The third kappa shape index (κ3) is 2.79. The molecule has 2 N–H and O–H groups in total. The number of aliphatic hydroxyl groups is 2. The molecule has 3 aromatic rings. The standard InChI is InChI=1S/C16H18N4O2/c1-19(10-13(22)11-21)16-9-14(12-5-3-2-4-6-12)18-15-7-8-17-20(15)16/h2-9,13,21-22H,10-11H2,1H3/t13-/m0/s1. The molecule has 114 valence electrons. The first-order valence-electron chi connectivity index (χ1n) is 7.09. The van der Waals surface area contributed by atoms with Gasteiger partial charge in [-0.25, -0.2) is 4.98 Å². The predicted octanol–water partition coefficient (Wildman–Crippen LogP) is 1.19. The summed E-state index contributed by atoms with van der Waals surface area (Å²) in [5, 5.41) is 23.0. The van der Waals surface area contributed by atoms with Crippen LogP contribution in [0.5, 0.6) is 0 Å². The van der Waals surface area contributed by atoms with Crippen molar-refractivity contribution in [3.8, 4) is 11.3 Å². The summed E-state index contributed by atoms with van der Waals surface area (Å²) < 4.78 is 1.72. The molecule has 1 aromatic carbocycles. The first kappa shape index (κ1) is 14.5. The van der Waals surface area contributed by atoms with E-state index in [1.54, 1.807) is 10.7 Å². The van der Waals surface area contributed by atoms with Crippen molar-refractivity contribution in [2.24, 2.45) is 0 Å². The van der Waals surface area contributed by atoms with Crippen molar-refractivity contribution < 1.29 is 10.2 Å². The van der Waals surface area contributed by atoms with Crippen molar-refractivity contribution >= 4 is 11.5 Å². The van der Waals surface area contributed by atoms with E-state index >= 15 is 0 Å². The Hall–Kier alpha value is -2.44. The van der Waals surface area contributed by atoms with Gasteiger partial charge >= 0.3 is 0 Å². The molecule has 2 heterocycles. The fourth-order valence-electron chi connectivity index (χ4n) is 2.39. The number of benzene rings is 1. The van der Waals surface area contributed by atoms with E-state index in [1.165, 1.54) is 0 Å². The molecule has 3 rings (SSSR count). The lowest BCUT2D eigenvalue weighted by Gasteiger charge is -2.22. The summed E-state index contributed by atoms with van der Waals surface area (Å²) in [5.74, 6) is 0.807. The van der Waals surface area contributed by atoms with Crippen molar-refractivity contribution in [2.75, 3.05) is 25.1 Å². The lowest BCUT2D eigenvalue weighted by atomic mass is 10.1. The zero-order valence-electron chi connectivity index (χ0n) is 12.3. The first-order valence-corrected chi connectivity index (χ1v) is 7.09. The van der Waals surface area contributed by atoms with Gasteiger partial charge < -0.3 is 15.1 Å². The van der Waals surface area contributed by atoms with Gasteiger partial charge in [-0.15, -0.1) is 0 Å². The maximum absolute atomic E-state index is 9.66. The van der Waals surface area contributed by atoms with E-state index in [0.717, 1.165) is 22.7 Å². The summed E-state index contributed by atoms with van der Waals surface area (Å²) in [7, 11) is 1.85. The van der Waals surface area contributed by atoms with Crippen LogP contribution in [0.2, 0.25) is 0 Å². The van der Waals surface area contributed by atoms with E-state index in [9.17, 15) is 5.11 Å². The van der Waals surface area contributed by atoms with Gasteiger partial charge in [-0.3, -0.25) is 0 Å². The Bertz CT molecular complexity index is 757. The van der Waals surface area contributed by atoms with Gasteiger partial charge in [0.15, 0.2) is 5.65 Å². The van der Waals surface area contributed by atoms with Gasteiger partial charge in [-0.05, 0) is 0 Å². The van der Waals surface area contributed by atoms with E-state index in [0.29, 0.717) is 6.54 Å². The fourth-order valence-corrected chi connectivity index (χ4v) is 2.39. The summed E-state index contributed by atoms with van der Waals surface area (Å²) >= 11 is 0. The van der Waals surface area contributed by atoms with Crippen LogP contribution in [-0.2, 0) is 0 Å². The van der Waals surface area contributed by atoms with E-state index in [2.05, 4.69) is 10.1 Å². The third-order valence-corrected chi connectivity index (χ3v) is 3.50. The molecular formula is C16H18N4O2. The Labute approximate surface area is 128 Å². The van der Waals surface area contributed by atoms with Crippen molar-refractivity contribution in [1.29, 1.82) is 0 Å². The molecule has 6 heteroatoms. The molecule has 0 amide bonds. The maximum atomic E-state index is 9.66. The van der Waals surface area contributed by atoms with Gasteiger partial charge in [-0.1, -0.05) is 30.3 Å². The average molecular weight is 298 g/mol. The monoisotopic (exact) mass is 298 g/mol.